The molecule has 21 heavy (non-hydrogen) atoms. The highest BCUT2D eigenvalue weighted by Gasteiger charge is 2.08. The molecule has 0 heterocycles. The molecule has 6 heteroatoms. The molecule has 0 unspecified atom stereocenters. The van der Waals surface area contributed by atoms with Crippen LogP contribution in [0, 0.1) is 0 Å². The topological polar surface area (TPSA) is 86.3 Å². The van der Waals surface area contributed by atoms with Crippen molar-refractivity contribution in [2.24, 2.45) is 10.9 Å². The van der Waals surface area contributed by atoms with Crippen molar-refractivity contribution in [3.63, 3.8) is 0 Å². The fraction of sp³-hybridized carbons (Fsp3) is 0.533. The number of ether oxygens (including phenoxy) is 3. The summed E-state index contributed by atoms with van der Waals surface area (Å²) in [5.41, 5.74) is 7.07. The van der Waals surface area contributed by atoms with Crippen LogP contribution in [0.3, 0.4) is 0 Å². The number of benzene rings is 1. The minimum atomic E-state index is 0.0173. The third-order valence-corrected chi connectivity index (χ3v) is 2.93. The zero-order valence-corrected chi connectivity index (χ0v) is 12.7. The predicted octanol–water partition coefficient (Wildman–Crippen LogP) is 2.12. The Kier molecular flexibility index (Phi) is 8.23. The monoisotopic (exact) mass is 296 g/mol. The second kappa shape index (κ2) is 10.0. The molecule has 0 aliphatic carbocycles. The Morgan fingerprint density at radius 1 is 1.24 bits per heavy atom. The van der Waals surface area contributed by atoms with E-state index in [0.717, 1.165) is 25.0 Å². The van der Waals surface area contributed by atoms with Gasteiger partial charge in [-0.15, -0.1) is 0 Å². The molecule has 0 bridgehead atoms. The molecule has 0 aliphatic heterocycles. The summed E-state index contributed by atoms with van der Waals surface area (Å²) in [7, 11) is 1.54. The molecule has 6 nitrogen and oxygen atoms in total. The van der Waals surface area contributed by atoms with Crippen molar-refractivity contribution >= 4 is 5.84 Å². The first-order valence-electron chi connectivity index (χ1n) is 7.03. The van der Waals surface area contributed by atoms with E-state index in [1.807, 2.05) is 12.1 Å². The van der Waals surface area contributed by atoms with E-state index in [-0.39, 0.29) is 5.84 Å². The van der Waals surface area contributed by atoms with E-state index < -0.39 is 0 Å². The number of hydrogen-bond acceptors (Lipinski definition) is 5. The van der Waals surface area contributed by atoms with Gasteiger partial charge in [0.25, 0.3) is 0 Å². The normalized spacial score (nSPS) is 11.6. The van der Waals surface area contributed by atoms with Crippen LogP contribution in [0.25, 0.3) is 0 Å². The Morgan fingerprint density at radius 2 is 2.00 bits per heavy atom. The number of hydrogen-bond donors (Lipinski definition) is 2. The molecule has 0 aromatic heterocycles. The Labute approximate surface area is 125 Å². The lowest BCUT2D eigenvalue weighted by Crippen LogP contribution is -2.14. The van der Waals surface area contributed by atoms with Gasteiger partial charge in [0.15, 0.2) is 5.84 Å². The molecule has 3 N–H and O–H groups in total. The number of methoxy groups -OCH3 is 1. The average Bonchev–Trinajstić information content (AvgIpc) is 2.53. The van der Waals surface area contributed by atoms with Crippen LogP contribution in [-0.2, 0) is 16.1 Å². The van der Waals surface area contributed by atoms with Gasteiger partial charge in [0.05, 0.1) is 32.5 Å². The Hall–Kier alpha value is -1.79. The number of oxime groups is 1. The molecule has 1 rings (SSSR count). The molecule has 0 fully saturated rings. The number of nitrogens with two attached hydrogens (primary N) is 1. The van der Waals surface area contributed by atoms with Gasteiger partial charge in [-0.1, -0.05) is 24.6 Å². The molecule has 0 atom stereocenters. The summed E-state index contributed by atoms with van der Waals surface area (Å²) in [5, 5.41) is 11.7. The standard InChI is InChI=1S/C15H24N2O4/c1-3-4-7-20-8-9-21-11-12-5-6-13(15(16)17-18)14(10-12)19-2/h5-6,10,18H,3-4,7-9,11H2,1-2H3,(H2,16,17). The zero-order valence-electron chi connectivity index (χ0n) is 12.7. The Morgan fingerprint density at radius 3 is 2.67 bits per heavy atom. The van der Waals surface area contributed by atoms with Crippen molar-refractivity contribution in [3.05, 3.63) is 29.3 Å². The van der Waals surface area contributed by atoms with Gasteiger partial charge in [-0.2, -0.15) is 0 Å². The fourth-order valence-electron chi connectivity index (χ4n) is 1.75. The summed E-state index contributed by atoms with van der Waals surface area (Å²) in [6.45, 7) is 4.52. The third kappa shape index (κ3) is 6.01. The lowest BCUT2D eigenvalue weighted by Gasteiger charge is -2.10. The highest BCUT2D eigenvalue weighted by molar-refractivity contribution is 5.99. The maximum Gasteiger partial charge on any atom is 0.173 e. The van der Waals surface area contributed by atoms with Gasteiger partial charge in [0, 0.05) is 6.61 Å². The molecule has 1 aromatic carbocycles. The highest BCUT2D eigenvalue weighted by Crippen LogP contribution is 2.20. The summed E-state index contributed by atoms with van der Waals surface area (Å²) >= 11 is 0. The van der Waals surface area contributed by atoms with E-state index in [1.165, 1.54) is 7.11 Å². The van der Waals surface area contributed by atoms with Crippen LogP contribution < -0.4 is 10.5 Å². The summed E-state index contributed by atoms with van der Waals surface area (Å²) in [6.07, 6.45) is 2.21. The van der Waals surface area contributed by atoms with Crippen LogP contribution in [0.1, 0.15) is 30.9 Å². The van der Waals surface area contributed by atoms with E-state index in [4.69, 9.17) is 25.2 Å². The van der Waals surface area contributed by atoms with Gasteiger partial charge in [-0.3, -0.25) is 0 Å². The summed E-state index contributed by atoms with van der Waals surface area (Å²) < 4.78 is 16.2. The van der Waals surface area contributed by atoms with Crippen molar-refractivity contribution in [1.29, 1.82) is 0 Å². The molecule has 0 amide bonds. The van der Waals surface area contributed by atoms with Crippen LogP contribution >= 0.6 is 0 Å². The van der Waals surface area contributed by atoms with Crippen molar-refractivity contribution in [1.82, 2.24) is 0 Å². The maximum absolute atomic E-state index is 8.71. The SMILES string of the molecule is CCCCOCCOCc1ccc(/C(N)=N/O)c(OC)c1. The largest absolute Gasteiger partial charge is 0.496 e. The lowest BCUT2D eigenvalue weighted by molar-refractivity contribution is 0.0396. The van der Waals surface area contributed by atoms with E-state index in [2.05, 4.69) is 12.1 Å². The van der Waals surface area contributed by atoms with Crippen LogP contribution in [0.2, 0.25) is 0 Å². The summed E-state index contributed by atoms with van der Waals surface area (Å²) in [4.78, 5) is 0. The molecule has 0 saturated heterocycles. The lowest BCUT2D eigenvalue weighted by atomic mass is 10.1. The van der Waals surface area contributed by atoms with Gasteiger partial charge in [0.2, 0.25) is 0 Å². The summed E-state index contributed by atoms with van der Waals surface area (Å²) in [5.74, 6) is 0.564. The van der Waals surface area contributed by atoms with Crippen LogP contribution in [-0.4, -0.2) is 38.0 Å². The second-order valence-electron chi connectivity index (χ2n) is 4.54. The molecule has 1 aromatic rings. The van der Waals surface area contributed by atoms with E-state index in [1.54, 1.807) is 6.07 Å². The van der Waals surface area contributed by atoms with E-state index in [9.17, 15) is 0 Å². The third-order valence-electron chi connectivity index (χ3n) is 2.93. The smallest absolute Gasteiger partial charge is 0.173 e. The predicted molar refractivity (Wildman–Crippen MR) is 80.9 cm³/mol. The molecule has 0 saturated carbocycles. The average molecular weight is 296 g/mol. The number of rotatable bonds is 10. The highest BCUT2D eigenvalue weighted by atomic mass is 16.5. The molecule has 0 aliphatic rings. The molecule has 0 radical (unpaired) electrons. The first kappa shape index (κ1) is 17.3. The van der Waals surface area contributed by atoms with Gasteiger partial charge < -0.3 is 25.2 Å². The molecular weight excluding hydrogens is 272 g/mol. The molecular formula is C15H24N2O4. The van der Waals surface area contributed by atoms with Gasteiger partial charge in [0.1, 0.15) is 5.75 Å². The van der Waals surface area contributed by atoms with E-state index in [0.29, 0.717) is 31.1 Å². The van der Waals surface area contributed by atoms with Crippen LogP contribution in [0.4, 0.5) is 0 Å². The minimum absolute atomic E-state index is 0.0173. The number of amidine groups is 1. The van der Waals surface area contributed by atoms with Crippen LogP contribution in [0.15, 0.2) is 23.4 Å². The number of nitrogens with zero attached hydrogens (tertiary/aromatic N) is 1. The second-order valence-corrected chi connectivity index (χ2v) is 4.54. The fourth-order valence-corrected chi connectivity index (χ4v) is 1.75. The summed E-state index contributed by atoms with van der Waals surface area (Å²) in [6, 6.07) is 5.41. The van der Waals surface area contributed by atoms with Crippen LogP contribution in [0.5, 0.6) is 5.75 Å². The van der Waals surface area contributed by atoms with Gasteiger partial charge in [-0.05, 0) is 24.1 Å². The van der Waals surface area contributed by atoms with Crippen molar-refractivity contribution in [2.45, 2.75) is 26.4 Å². The van der Waals surface area contributed by atoms with Gasteiger partial charge >= 0.3 is 0 Å². The van der Waals surface area contributed by atoms with Crippen molar-refractivity contribution in [3.8, 4) is 5.75 Å². The number of unbranched alkanes of at least 4 members (excludes halogenated alkanes) is 1. The minimum Gasteiger partial charge on any atom is -0.496 e. The maximum atomic E-state index is 8.71. The first-order chi connectivity index (χ1) is 10.2. The van der Waals surface area contributed by atoms with Crippen molar-refractivity contribution < 1.29 is 19.4 Å². The zero-order chi connectivity index (χ0) is 15.5. The van der Waals surface area contributed by atoms with E-state index >= 15 is 0 Å². The Balaban J connectivity index is 2.42. The first-order valence-corrected chi connectivity index (χ1v) is 7.03. The molecule has 118 valence electrons. The molecule has 0 spiro atoms. The van der Waals surface area contributed by atoms with Crippen molar-refractivity contribution in [2.75, 3.05) is 26.9 Å². The van der Waals surface area contributed by atoms with Gasteiger partial charge in [-0.25, -0.2) is 0 Å². The Bertz CT molecular complexity index is 449. The quantitative estimate of drug-likeness (QED) is 0.227.